The number of rotatable bonds is 7. The quantitative estimate of drug-likeness (QED) is 0.559. The standard InChI is InChI=1S/C19H31N5OS/c1-7-13(8-2)15-9-14(25-24-15)10-21-18(20-6)22-11-17-23-16(12-26-17)19(3,4)5/h9,12-13H,7-8,10-11H2,1-6H3,(H2,20,21,22). The molecule has 0 aliphatic rings. The van der Waals surface area contributed by atoms with E-state index in [-0.39, 0.29) is 5.41 Å². The summed E-state index contributed by atoms with van der Waals surface area (Å²) in [6.07, 6.45) is 2.15. The van der Waals surface area contributed by atoms with Crippen molar-refractivity contribution < 1.29 is 4.52 Å². The van der Waals surface area contributed by atoms with Crippen LogP contribution in [0.1, 0.15) is 75.5 Å². The van der Waals surface area contributed by atoms with Crippen molar-refractivity contribution in [2.24, 2.45) is 4.99 Å². The van der Waals surface area contributed by atoms with Gasteiger partial charge in [0.15, 0.2) is 11.7 Å². The van der Waals surface area contributed by atoms with Crippen LogP contribution < -0.4 is 10.6 Å². The van der Waals surface area contributed by atoms with Gasteiger partial charge in [0.1, 0.15) is 5.01 Å². The van der Waals surface area contributed by atoms with Crippen molar-refractivity contribution in [2.45, 2.75) is 71.9 Å². The van der Waals surface area contributed by atoms with Crippen LogP contribution in [0.4, 0.5) is 0 Å². The molecule has 0 amide bonds. The Morgan fingerprint density at radius 1 is 1.23 bits per heavy atom. The summed E-state index contributed by atoms with van der Waals surface area (Å²) in [5.41, 5.74) is 2.23. The molecular formula is C19H31N5OS. The third kappa shape index (κ3) is 5.56. The molecule has 26 heavy (non-hydrogen) atoms. The van der Waals surface area contributed by atoms with Gasteiger partial charge in [0, 0.05) is 29.8 Å². The molecule has 0 atom stereocenters. The second-order valence-electron chi connectivity index (χ2n) is 7.39. The second kappa shape index (κ2) is 9.16. The SMILES string of the molecule is CCC(CC)c1cc(CNC(=NC)NCc2nc(C(C)(C)C)cs2)on1. The van der Waals surface area contributed by atoms with Gasteiger partial charge in [-0.15, -0.1) is 11.3 Å². The first-order valence-corrected chi connectivity index (χ1v) is 10.1. The number of hydrogen-bond donors (Lipinski definition) is 2. The lowest BCUT2D eigenvalue weighted by atomic mass is 9.93. The van der Waals surface area contributed by atoms with Crippen molar-refractivity contribution in [2.75, 3.05) is 7.05 Å². The summed E-state index contributed by atoms with van der Waals surface area (Å²) in [4.78, 5) is 8.95. The lowest BCUT2D eigenvalue weighted by Gasteiger charge is -2.14. The number of guanidine groups is 1. The van der Waals surface area contributed by atoms with E-state index in [0.29, 0.717) is 19.0 Å². The van der Waals surface area contributed by atoms with E-state index >= 15 is 0 Å². The van der Waals surface area contributed by atoms with Gasteiger partial charge in [-0.2, -0.15) is 0 Å². The zero-order valence-electron chi connectivity index (χ0n) is 16.7. The molecule has 6 nitrogen and oxygen atoms in total. The van der Waals surface area contributed by atoms with E-state index in [9.17, 15) is 0 Å². The highest BCUT2D eigenvalue weighted by molar-refractivity contribution is 7.09. The largest absolute Gasteiger partial charge is 0.359 e. The fourth-order valence-electron chi connectivity index (χ4n) is 2.60. The molecule has 0 spiro atoms. The van der Waals surface area contributed by atoms with Crippen LogP contribution in [0.25, 0.3) is 0 Å². The van der Waals surface area contributed by atoms with E-state index < -0.39 is 0 Å². The molecule has 2 aromatic heterocycles. The molecule has 0 bridgehead atoms. The topological polar surface area (TPSA) is 75.3 Å². The highest BCUT2D eigenvalue weighted by Gasteiger charge is 2.17. The van der Waals surface area contributed by atoms with Gasteiger partial charge in [0.05, 0.1) is 24.5 Å². The van der Waals surface area contributed by atoms with Crippen molar-refractivity contribution in [3.63, 3.8) is 0 Å². The van der Waals surface area contributed by atoms with Crippen LogP contribution in [0.2, 0.25) is 0 Å². The average Bonchev–Trinajstić information content (AvgIpc) is 3.25. The Morgan fingerprint density at radius 3 is 2.50 bits per heavy atom. The highest BCUT2D eigenvalue weighted by Crippen LogP contribution is 2.24. The van der Waals surface area contributed by atoms with Gasteiger partial charge in [-0.25, -0.2) is 4.98 Å². The maximum atomic E-state index is 5.44. The summed E-state index contributed by atoms with van der Waals surface area (Å²) in [5, 5.41) is 13.9. The van der Waals surface area contributed by atoms with E-state index in [1.54, 1.807) is 18.4 Å². The van der Waals surface area contributed by atoms with Crippen LogP contribution in [-0.2, 0) is 18.5 Å². The Morgan fingerprint density at radius 2 is 1.92 bits per heavy atom. The smallest absolute Gasteiger partial charge is 0.191 e. The van der Waals surface area contributed by atoms with E-state index in [0.717, 1.165) is 41.0 Å². The molecule has 7 heteroatoms. The number of hydrogen-bond acceptors (Lipinski definition) is 5. The molecule has 0 saturated heterocycles. The second-order valence-corrected chi connectivity index (χ2v) is 8.33. The van der Waals surface area contributed by atoms with Crippen molar-refractivity contribution in [1.82, 2.24) is 20.8 Å². The molecule has 2 aromatic rings. The monoisotopic (exact) mass is 377 g/mol. The van der Waals surface area contributed by atoms with Crippen LogP contribution in [-0.4, -0.2) is 23.1 Å². The summed E-state index contributed by atoms with van der Waals surface area (Å²) in [7, 11) is 1.76. The first-order valence-electron chi connectivity index (χ1n) is 9.22. The predicted octanol–water partition coefficient (Wildman–Crippen LogP) is 4.20. The molecule has 0 fully saturated rings. The van der Waals surface area contributed by atoms with Gasteiger partial charge in [-0.1, -0.05) is 39.8 Å². The molecule has 0 aromatic carbocycles. The van der Waals surface area contributed by atoms with Crippen molar-refractivity contribution >= 4 is 17.3 Å². The zero-order valence-corrected chi connectivity index (χ0v) is 17.5. The maximum absolute atomic E-state index is 5.44. The van der Waals surface area contributed by atoms with Gasteiger partial charge in [-0.05, 0) is 12.8 Å². The fourth-order valence-corrected chi connectivity index (χ4v) is 3.56. The molecule has 2 N–H and O–H groups in total. The number of thiazole rings is 1. The molecule has 2 heterocycles. The van der Waals surface area contributed by atoms with Crippen molar-refractivity contribution in [3.8, 4) is 0 Å². The van der Waals surface area contributed by atoms with Gasteiger partial charge >= 0.3 is 0 Å². The number of nitrogens with one attached hydrogen (secondary N) is 2. The Hall–Kier alpha value is -1.89. The summed E-state index contributed by atoms with van der Waals surface area (Å²) >= 11 is 1.67. The molecule has 0 radical (unpaired) electrons. The van der Waals surface area contributed by atoms with Gasteiger partial charge in [0.25, 0.3) is 0 Å². The van der Waals surface area contributed by atoms with Crippen molar-refractivity contribution in [3.05, 3.63) is 33.6 Å². The number of nitrogens with zero attached hydrogens (tertiary/aromatic N) is 3. The molecular weight excluding hydrogens is 346 g/mol. The lowest BCUT2D eigenvalue weighted by molar-refractivity contribution is 0.368. The highest BCUT2D eigenvalue weighted by atomic mass is 32.1. The maximum Gasteiger partial charge on any atom is 0.191 e. The Balaban J connectivity index is 1.85. The zero-order chi connectivity index (χ0) is 19.2. The van der Waals surface area contributed by atoms with E-state index in [1.165, 1.54) is 0 Å². The van der Waals surface area contributed by atoms with Crippen molar-refractivity contribution in [1.29, 1.82) is 0 Å². The Bertz CT molecular complexity index is 710. The minimum atomic E-state index is 0.0769. The first kappa shape index (κ1) is 20.4. The predicted molar refractivity (Wildman–Crippen MR) is 108 cm³/mol. The van der Waals surface area contributed by atoms with Crippen LogP contribution in [0.15, 0.2) is 21.0 Å². The molecule has 0 aliphatic heterocycles. The Kier molecular flexibility index (Phi) is 7.20. The van der Waals surface area contributed by atoms with Crippen LogP contribution >= 0.6 is 11.3 Å². The normalized spacial score (nSPS) is 12.7. The summed E-state index contributed by atoms with van der Waals surface area (Å²) < 4.78 is 5.44. The van der Waals surface area contributed by atoms with E-state index in [1.807, 2.05) is 6.07 Å². The van der Waals surface area contributed by atoms with E-state index in [4.69, 9.17) is 9.51 Å². The number of aromatic nitrogens is 2. The molecule has 0 unspecified atom stereocenters. The number of aliphatic imine (C=N–C) groups is 1. The Labute approximate surface area is 160 Å². The minimum absolute atomic E-state index is 0.0769. The molecule has 0 aliphatic carbocycles. The van der Waals surface area contributed by atoms with Gasteiger partial charge < -0.3 is 15.2 Å². The molecule has 144 valence electrons. The molecule has 2 rings (SSSR count). The third-order valence-electron chi connectivity index (χ3n) is 4.36. The average molecular weight is 378 g/mol. The molecule has 0 saturated carbocycles. The van der Waals surface area contributed by atoms with Gasteiger partial charge in [-0.3, -0.25) is 4.99 Å². The lowest BCUT2D eigenvalue weighted by Crippen LogP contribution is -2.36. The summed E-state index contributed by atoms with van der Waals surface area (Å²) in [5.74, 6) is 2.00. The third-order valence-corrected chi connectivity index (χ3v) is 5.21. The van der Waals surface area contributed by atoms with Gasteiger partial charge in [0.2, 0.25) is 0 Å². The fraction of sp³-hybridized carbons (Fsp3) is 0.632. The van der Waals surface area contributed by atoms with E-state index in [2.05, 4.69) is 60.8 Å². The van der Waals surface area contributed by atoms with Crippen LogP contribution in [0.5, 0.6) is 0 Å². The summed E-state index contributed by atoms with van der Waals surface area (Å²) in [6.45, 7) is 12.1. The summed E-state index contributed by atoms with van der Waals surface area (Å²) in [6, 6.07) is 2.04. The van der Waals surface area contributed by atoms with Crippen LogP contribution in [0.3, 0.4) is 0 Å². The minimum Gasteiger partial charge on any atom is -0.359 e. The van der Waals surface area contributed by atoms with Crippen LogP contribution in [0, 0.1) is 0 Å². The first-order chi connectivity index (χ1) is 12.4.